The Hall–Kier alpha value is -9.38. The summed E-state index contributed by atoms with van der Waals surface area (Å²) in [6.07, 6.45) is 0. The van der Waals surface area contributed by atoms with Gasteiger partial charge in [-0.25, -0.2) is 0 Å². The molecule has 4 aromatic heterocycles. The summed E-state index contributed by atoms with van der Waals surface area (Å²) in [7, 11) is 0. The Morgan fingerprint density at radius 3 is 0.843 bits per heavy atom. The molecule has 0 aliphatic carbocycles. The minimum absolute atomic E-state index is 0.844. The van der Waals surface area contributed by atoms with Crippen molar-refractivity contribution >= 4 is 87.5 Å². The van der Waals surface area contributed by atoms with Crippen molar-refractivity contribution in [3.63, 3.8) is 0 Å². The lowest BCUT2D eigenvalue weighted by Gasteiger charge is -2.08. The maximum Gasteiger partial charge on any atom is 0.136 e. The van der Waals surface area contributed by atoms with Gasteiger partial charge in [-0.3, -0.25) is 0 Å². The van der Waals surface area contributed by atoms with Gasteiger partial charge in [0.2, 0.25) is 0 Å². The molecule has 15 rings (SSSR count). The molecule has 0 unspecified atom stereocenters. The van der Waals surface area contributed by atoms with E-state index in [0.29, 0.717) is 0 Å². The summed E-state index contributed by atoms with van der Waals surface area (Å²) in [4.78, 5) is 0. The number of benzene rings is 11. The molecule has 0 radical (unpaired) electrons. The van der Waals surface area contributed by atoms with Gasteiger partial charge in [0.25, 0.3) is 0 Å². The Kier molecular flexibility index (Phi) is 8.33. The van der Waals surface area contributed by atoms with E-state index in [2.05, 4.69) is 252 Å². The molecule has 0 saturated heterocycles. The molecule has 70 heavy (non-hydrogen) atoms. The van der Waals surface area contributed by atoms with Crippen molar-refractivity contribution in [2.75, 3.05) is 0 Å². The number of rotatable bonds is 6. The number of furan rings is 2. The van der Waals surface area contributed by atoms with Crippen LogP contribution in [-0.4, -0.2) is 9.13 Å². The maximum atomic E-state index is 6.72. The van der Waals surface area contributed by atoms with Crippen LogP contribution < -0.4 is 0 Å². The molecule has 15 aromatic rings. The van der Waals surface area contributed by atoms with Crippen LogP contribution in [0.3, 0.4) is 0 Å². The highest BCUT2D eigenvalue weighted by atomic mass is 16.3. The van der Waals surface area contributed by atoms with Crippen LogP contribution in [0.15, 0.2) is 251 Å². The van der Waals surface area contributed by atoms with Crippen LogP contribution in [-0.2, 0) is 0 Å². The molecular formula is C66H40N2O2. The van der Waals surface area contributed by atoms with Gasteiger partial charge in [-0.1, -0.05) is 133 Å². The number of hydrogen-bond acceptors (Lipinski definition) is 2. The first kappa shape index (κ1) is 38.7. The van der Waals surface area contributed by atoms with Crippen LogP contribution in [0.4, 0.5) is 0 Å². The minimum atomic E-state index is 0.844. The first-order valence-electron chi connectivity index (χ1n) is 23.9. The zero-order chi connectivity index (χ0) is 45.9. The SMILES string of the molecule is c1ccc(-c2ccc3c(c2)c2cc(-c4ccc5c(c4)oc4cc6c(cc45)oc4cc(-c5ccc7c(c5)c5cc(-c8ccccc8)ccc5n7-c5ccccc5)ccc46)ccc2n3-c2ccccc2)cc1. The number of para-hydroxylation sites is 2. The molecule has 0 spiro atoms. The van der Waals surface area contributed by atoms with E-state index in [-0.39, 0.29) is 0 Å². The predicted molar refractivity (Wildman–Crippen MR) is 291 cm³/mol. The summed E-state index contributed by atoms with van der Waals surface area (Å²) in [6, 6.07) is 87.4. The first-order valence-corrected chi connectivity index (χ1v) is 23.9. The lowest BCUT2D eigenvalue weighted by atomic mass is 9.99. The Labute approximate surface area is 402 Å². The fourth-order valence-electron chi connectivity index (χ4n) is 11.1. The number of nitrogens with zero attached hydrogens (tertiary/aromatic N) is 2. The van der Waals surface area contributed by atoms with Crippen LogP contribution in [0.2, 0.25) is 0 Å². The molecule has 0 atom stereocenters. The standard InChI is InChI=1S/C66H40N2O2/c1-5-13-41(14-6-1)43-23-29-59-53(33-43)55-35-45(25-31-61(55)67(59)49-17-9-3-10-18-49)47-21-27-51-57-39-66-58(40-65(57)69-63(51)37-47)52-28-22-48(38-64(52)70-66)46-26-32-62-56(36-46)54-34-44(42-15-7-2-8-16-42)24-30-60(54)68(62)50-19-11-4-12-20-50/h1-40H. The van der Waals surface area contributed by atoms with Crippen LogP contribution in [0.25, 0.3) is 143 Å². The smallest absolute Gasteiger partial charge is 0.136 e. The third-order valence-electron chi connectivity index (χ3n) is 14.5. The van der Waals surface area contributed by atoms with Crippen LogP contribution in [0, 0.1) is 0 Å². The van der Waals surface area contributed by atoms with Gasteiger partial charge in [-0.05, 0) is 154 Å². The average molecular weight is 893 g/mol. The Morgan fingerprint density at radius 2 is 0.486 bits per heavy atom. The molecule has 0 aliphatic rings. The third-order valence-corrected chi connectivity index (χ3v) is 14.5. The number of aromatic nitrogens is 2. The van der Waals surface area contributed by atoms with Crippen LogP contribution in [0.1, 0.15) is 0 Å². The molecule has 0 amide bonds. The third kappa shape index (κ3) is 5.97. The van der Waals surface area contributed by atoms with Gasteiger partial charge in [0, 0.05) is 54.5 Å². The van der Waals surface area contributed by atoms with Crippen molar-refractivity contribution in [3.05, 3.63) is 243 Å². The van der Waals surface area contributed by atoms with Crippen molar-refractivity contribution in [2.45, 2.75) is 0 Å². The zero-order valence-corrected chi connectivity index (χ0v) is 37.8. The number of fused-ring (bicyclic) bond motifs is 12. The fourth-order valence-corrected chi connectivity index (χ4v) is 11.1. The van der Waals surface area contributed by atoms with E-state index in [1.54, 1.807) is 0 Å². The van der Waals surface area contributed by atoms with E-state index in [0.717, 1.165) is 77.5 Å². The topological polar surface area (TPSA) is 36.1 Å². The molecule has 0 fully saturated rings. The van der Waals surface area contributed by atoms with E-state index in [1.165, 1.54) is 65.9 Å². The molecule has 0 saturated carbocycles. The fraction of sp³-hybridized carbons (Fsp3) is 0. The summed E-state index contributed by atoms with van der Waals surface area (Å²) < 4.78 is 18.2. The minimum Gasteiger partial charge on any atom is -0.456 e. The van der Waals surface area contributed by atoms with Gasteiger partial charge in [0.1, 0.15) is 22.3 Å². The highest BCUT2D eigenvalue weighted by molar-refractivity contribution is 6.17. The van der Waals surface area contributed by atoms with E-state index >= 15 is 0 Å². The summed E-state index contributed by atoms with van der Waals surface area (Å²) in [5.74, 6) is 0. The molecule has 4 heteroatoms. The first-order chi connectivity index (χ1) is 34.7. The maximum absolute atomic E-state index is 6.72. The van der Waals surface area contributed by atoms with Crippen molar-refractivity contribution in [1.82, 2.24) is 9.13 Å². The Balaban J connectivity index is 0.811. The van der Waals surface area contributed by atoms with Gasteiger partial charge >= 0.3 is 0 Å². The number of hydrogen-bond donors (Lipinski definition) is 0. The molecule has 4 nitrogen and oxygen atoms in total. The van der Waals surface area contributed by atoms with E-state index in [1.807, 2.05) is 0 Å². The molecule has 0 aliphatic heterocycles. The second-order valence-electron chi connectivity index (χ2n) is 18.5. The highest BCUT2D eigenvalue weighted by Crippen LogP contribution is 2.43. The second kappa shape index (κ2) is 15.1. The highest BCUT2D eigenvalue weighted by Gasteiger charge is 2.19. The molecular weight excluding hydrogens is 853 g/mol. The van der Waals surface area contributed by atoms with Gasteiger partial charge in [0.15, 0.2) is 0 Å². The van der Waals surface area contributed by atoms with E-state index in [9.17, 15) is 0 Å². The van der Waals surface area contributed by atoms with Crippen molar-refractivity contribution in [3.8, 4) is 55.9 Å². The van der Waals surface area contributed by atoms with Gasteiger partial charge < -0.3 is 18.0 Å². The summed E-state index contributed by atoms with van der Waals surface area (Å²) >= 11 is 0. The van der Waals surface area contributed by atoms with E-state index < -0.39 is 0 Å². The molecule has 0 N–H and O–H groups in total. The predicted octanol–water partition coefficient (Wildman–Crippen LogP) is 18.3. The van der Waals surface area contributed by atoms with Gasteiger partial charge in [0.05, 0.1) is 22.1 Å². The molecule has 4 heterocycles. The second-order valence-corrected chi connectivity index (χ2v) is 18.5. The monoisotopic (exact) mass is 892 g/mol. The van der Waals surface area contributed by atoms with Crippen molar-refractivity contribution < 1.29 is 8.83 Å². The van der Waals surface area contributed by atoms with Gasteiger partial charge in [-0.2, -0.15) is 0 Å². The summed E-state index contributed by atoms with van der Waals surface area (Å²) in [5.41, 5.74) is 19.7. The summed E-state index contributed by atoms with van der Waals surface area (Å²) in [5, 5.41) is 9.07. The van der Waals surface area contributed by atoms with E-state index in [4.69, 9.17) is 8.83 Å². The summed E-state index contributed by atoms with van der Waals surface area (Å²) in [6.45, 7) is 0. The Bertz CT molecular complexity index is 4260. The molecule has 326 valence electrons. The largest absolute Gasteiger partial charge is 0.456 e. The van der Waals surface area contributed by atoms with Crippen molar-refractivity contribution in [2.24, 2.45) is 0 Å². The van der Waals surface area contributed by atoms with Crippen LogP contribution >= 0.6 is 0 Å². The average Bonchev–Trinajstić information content (AvgIpc) is 4.17. The quantitative estimate of drug-likeness (QED) is 0.167. The zero-order valence-electron chi connectivity index (χ0n) is 37.8. The van der Waals surface area contributed by atoms with Crippen molar-refractivity contribution in [1.29, 1.82) is 0 Å². The normalized spacial score (nSPS) is 12.0. The molecule has 11 aromatic carbocycles. The van der Waals surface area contributed by atoms with Gasteiger partial charge in [-0.15, -0.1) is 0 Å². The van der Waals surface area contributed by atoms with Crippen LogP contribution in [0.5, 0.6) is 0 Å². The lowest BCUT2D eigenvalue weighted by Crippen LogP contribution is -1.93. The Morgan fingerprint density at radius 1 is 0.200 bits per heavy atom. The molecule has 0 bridgehead atoms. The lowest BCUT2D eigenvalue weighted by molar-refractivity contribution is 0.664.